The van der Waals surface area contributed by atoms with E-state index in [0.717, 1.165) is 41.0 Å². The molecule has 1 aromatic heterocycles. The molecule has 6 heteroatoms. The van der Waals surface area contributed by atoms with E-state index in [-0.39, 0.29) is 17.7 Å². The van der Waals surface area contributed by atoms with Gasteiger partial charge in [0.25, 0.3) is 0 Å². The molecule has 6 nitrogen and oxygen atoms in total. The van der Waals surface area contributed by atoms with Crippen LogP contribution in [-0.4, -0.2) is 27.9 Å². The maximum Gasteiger partial charge on any atom is 0.224 e. The molecule has 1 aliphatic carbocycles. The number of aryl methyl sites for hydroxylation is 1. The number of fused-ring (bicyclic) bond motifs is 1. The van der Waals surface area contributed by atoms with Gasteiger partial charge < -0.3 is 15.2 Å². The van der Waals surface area contributed by atoms with E-state index in [1.54, 1.807) is 0 Å². The van der Waals surface area contributed by atoms with E-state index in [0.29, 0.717) is 19.4 Å². The quantitative estimate of drug-likeness (QED) is 0.620. The molecule has 1 aliphatic rings. The molecule has 0 spiro atoms. The molecule has 28 heavy (non-hydrogen) atoms. The van der Waals surface area contributed by atoms with Crippen LogP contribution in [-0.2, 0) is 16.6 Å². The Morgan fingerprint density at radius 3 is 2.57 bits per heavy atom. The van der Waals surface area contributed by atoms with E-state index < -0.39 is 0 Å². The third-order valence-electron chi connectivity index (χ3n) is 5.04. The molecule has 0 unspecified atom stereocenters. The van der Waals surface area contributed by atoms with E-state index in [4.69, 9.17) is 4.98 Å². The van der Waals surface area contributed by atoms with Crippen molar-refractivity contribution in [1.82, 2.24) is 14.9 Å². The molecule has 0 atom stereocenters. The van der Waals surface area contributed by atoms with E-state index in [1.807, 2.05) is 55.6 Å². The molecule has 0 aliphatic heterocycles. The molecule has 2 amide bonds. The molecule has 1 fully saturated rings. The number of aromatic nitrogens is 2. The number of carbonyl (C=O) groups excluding carboxylic acids is 2. The summed E-state index contributed by atoms with van der Waals surface area (Å²) in [7, 11) is 2.00. The van der Waals surface area contributed by atoms with Crippen LogP contribution in [0.25, 0.3) is 22.4 Å². The van der Waals surface area contributed by atoms with Gasteiger partial charge in [-0.25, -0.2) is 4.98 Å². The molecule has 1 heterocycles. The lowest BCUT2D eigenvalue weighted by atomic mass is 10.2. The molecule has 2 N–H and O–H groups in total. The molecule has 0 saturated heterocycles. The lowest BCUT2D eigenvalue weighted by molar-refractivity contribution is -0.122. The van der Waals surface area contributed by atoms with E-state index >= 15 is 0 Å². The summed E-state index contributed by atoms with van der Waals surface area (Å²) in [6, 6.07) is 15.7. The fourth-order valence-corrected chi connectivity index (χ4v) is 3.28. The minimum absolute atomic E-state index is 0.0452. The minimum atomic E-state index is -0.0452. The lowest BCUT2D eigenvalue weighted by Crippen LogP contribution is -2.26. The summed E-state index contributed by atoms with van der Waals surface area (Å²) in [5, 5.41) is 5.78. The Morgan fingerprint density at radius 2 is 1.86 bits per heavy atom. The molecular formula is C22H24N4O2. The smallest absolute Gasteiger partial charge is 0.224 e. The molecule has 4 rings (SSSR count). The van der Waals surface area contributed by atoms with Gasteiger partial charge in [-0.15, -0.1) is 0 Å². The van der Waals surface area contributed by atoms with Gasteiger partial charge in [0, 0.05) is 37.2 Å². The summed E-state index contributed by atoms with van der Waals surface area (Å²) in [6.07, 6.45) is 3.02. The first-order chi connectivity index (χ1) is 13.6. The summed E-state index contributed by atoms with van der Waals surface area (Å²) in [4.78, 5) is 28.3. The van der Waals surface area contributed by atoms with Gasteiger partial charge in [0.1, 0.15) is 5.82 Å². The maximum atomic E-state index is 12.1. The van der Waals surface area contributed by atoms with Gasteiger partial charge in [-0.3, -0.25) is 9.59 Å². The Balaban J connectivity index is 1.32. The highest BCUT2D eigenvalue weighted by atomic mass is 16.2. The van der Waals surface area contributed by atoms with Crippen molar-refractivity contribution in [3.05, 3.63) is 48.5 Å². The van der Waals surface area contributed by atoms with E-state index in [2.05, 4.69) is 15.2 Å². The fraction of sp³-hybridized carbons (Fsp3) is 0.318. The van der Waals surface area contributed by atoms with E-state index in [9.17, 15) is 9.59 Å². The Kier molecular flexibility index (Phi) is 5.10. The first-order valence-corrected chi connectivity index (χ1v) is 9.71. The molecule has 0 radical (unpaired) electrons. The van der Waals surface area contributed by atoms with Gasteiger partial charge in [-0.05, 0) is 55.7 Å². The van der Waals surface area contributed by atoms with Crippen molar-refractivity contribution in [2.45, 2.75) is 25.7 Å². The summed E-state index contributed by atoms with van der Waals surface area (Å²) in [6.45, 7) is 0.550. The zero-order valence-electron chi connectivity index (χ0n) is 15.9. The SMILES string of the molecule is Cn1c(-c2ccc(NC(=O)CCCNC(=O)C3CC3)cc2)nc2ccccc21. The van der Waals surface area contributed by atoms with Gasteiger partial charge in [0.05, 0.1) is 11.0 Å². The summed E-state index contributed by atoms with van der Waals surface area (Å²) in [5.74, 6) is 1.18. The zero-order valence-corrected chi connectivity index (χ0v) is 15.9. The predicted octanol–water partition coefficient (Wildman–Crippen LogP) is 3.49. The van der Waals surface area contributed by atoms with Crippen LogP contribution in [0, 0.1) is 5.92 Å². The number of nitrogens with one attached hydrogen (secondary N) is 2. The predicted molar refractivity (Wildman–Crippen MR) is 110 cm³/mol. The van der Waals surface area contributed by atoms with Gasteiger partial charge in [-0.1, -0.05) is 12.1 Å². The van der Waals surface area contributed by atoms with Crippen LogP contribution < -0.4 is 10.6 Å². The van der Waals surface area contributed by atoms with Crippen molar-refractivity contribution in [1.29, 1.82) is 0 Å². The average molecular weight is 376 g/mol. The van der Waals surface area contributed by atoms with Crippen LogP contribution in [0.4, 0.5) is 5.69 Å². The summed E-state index contributed by atoms with van der Waals surface area (Å²) < 4.78 is 2.07. The van der Waals surface area contributed by atoms with Gasteiger partial charge in [-0.2, -0.15) is 0 Å². The van der Waals surface area contributed by atoms with Crippen molar-refractivity contribution in [3.8, 4) is 11.4 Å². The molecule has 3 aromatic rings. The normalized spacial score (nSPS) is 13.5. The summed E-state index contributed by atoms with van der Waals surface area (Å²) in [5.41, 5.74) is 3.81. The maximum absolute atomic E-state index is 12.1. The highest BCUT2D eigenvalue weighted by Crippen LogP contribution is 2.28. The van der Waals surface area contributed by atoms with Crippen molar-refractivity contribution in [2.24, 2.45) is 13.0 Å². The Labute approximate surface area is 164 Å². The standard InChI is InChI=1S/C22H24N4O2/c1-26-19-6-3-2-5-18(19)25-21(26)15-10-12-17(13-11-15)24-20(27)7-4-14-23-22(28)16-8-9-16/h2-3,5-6,10-13,16H,4,7-9,14H2,1H3,(H,23,28)(H,24,27). The zero-order chi connectivity index (χ0) is 19.5. The molecule has 144 valence electrons. The average Bonchev–Trinajstić information content (AvgIpc) is 3.50. The second kappa shape index (κ2) is 7.84. The molecule has 2 aromatic carbocycles. The Morgan fingerprint density at radius 1 is 1.11 bits per heavy atom. The number of carbonyl (C=O) groups is 2. The first kappa shape index (κ1) is 18.2. The molecule has 0 bridgehead atoms. The molecular weight excluding hydrogens is 352 g/mol. The van der Waals surface area contributed by atoms with Crippen molar-refractivity contribution in [3.63, 3.8) is 0 Å². The third-order valence-corrected chi connectivity index (χ3v) is 5.04. The van der Waals surface area contributed by atoms with Gasteiger partial charge >= 0.3 is 0 Å². The largest absolute Gasteiger partial charge is 0.356 e. The number of amides is 2. The Bertz CT molecular complexity index is 1000. The number of hydrogen-bond acceptors (Lipinski definition) is 3. The topological polar surface area (TPSA) is 76.0 Å². The second-order valence-corrected chi connectivity index (χ2v) is 7.28. The number of hydrogen-bond donors (Lipinski definition) is 2. The van der Waals surface area contributed by atoms with Crippen LogP contribution in [0.3, 0.4) is 0 Å². The van der Waals surface area contributed by atoms with Crippen LogP contribution in [0.1, 0.15) is 25.7 Å². The van der Waals surface area contributed by atoms with Gasteiger partial charge in [0.15, 0.2) is 0 Å². The number of benzene rings is 2. The third kappa shape index (κ3) is 4.06. The van der Waals surface area contributed by atoms with Gasteiger partial charge in [0.2, 0.25) is 11.8 Å². The number of anilines is 1. The fourth-order valence-electron chi connectivity index (χ4n) is 3.28. The number of rotatable bonds is 7. The minimum Gasteiger partial charge on any atom is -0.356 e. The number of para-hydroxylation sites is 2. The van der Waals surface area contributed by atoms with Crippen LogP contribution >= 0.6 is 0 Å². The highest BCUT2D eigenvalue weighted by Gasteiger charge is 2.28. The second-order valence-electron chi connectivity index (χ2n) is 7.28. The monoisotopic (exact) mass is 376 g/mol. The summed E-state index contributed by atoms with van der Waals surface area (Å²) >= 11 is 0. The molecule has 1 saturated carbocycles. The lowest BCUT2D eigenvalue weighted by Gasteiger charge is -2.08. The van der Waals surface area contributed by atoms with E-state index in [1.165, 1.54) is 0 Å². The highest BCUT2D eigenvalue weighted by molar-refractivity contribution is 5.91. The van der Waals surface area contributed by atoms with Crippen molar-refractivity contribution in [2.75, 3.05) is 11.9 Å². The van der Waals surface area contributed by atoms with Crippen LogP contribution in [0.5, 0.6) is 0 Å². The van der Waals surface area contributed by atoms with Crippen molar-refractivity contribution < 1.29 is 9.59 Å². The van der Waals surface area contributed by atoms with Crippen LogP contribution in [0.15, 0.2) is 48.5 Å². The first-order valence-electron chi connectivity index (χ1n) is 9.71. The van der Waals surface area contributed by atoms with Crippen molar-refractivity contribution >= 4 is 28.5 Å². The number of nitrogens with zero attached hydrogens (tertiary/aromatic N) is 2. The van der Waals surface area contributed by atoms with Crippen LogP contribution in [0.2, 0.25) is 0 Å². The Hall–Kier alpha value is -3.15. The number of imidazole rings is 1.